The highest BCUT2D eigenvalue weighted by atomic mass is 35.5. The Morgan fingerprint density at radius 2 is 1.89 bits per heavy atom. The first kappa shape index (κ1) is 14.5. The molecule has 6 heteroatoms. The average molecular weight is 318 g/mol. The van der Waals surface area contributed by atoms with Crippen molar-refractivity contribution in [2.75, 3.05) is 14.2 Å². The Hall–Kier alpha value is -0.940. The predicted molar refractivity (Wildman–Crippen MR) is 79.9 cm³/mol. The molecule has 0 saturated heterocycles. The van der Waals surface area contributed by atoms with Gasteiger partial charge in [0.25, 0.3) is 0 Å². The van der Waals surface area contributed by atoms with Crippen LogP contribution >= 0.6 is 34.5 Å². The van der Waals surface area contributed by atoms with Crippen LogP contribution in [0.15, 0.2) is 23.6 Å². The van der Waals surface area contributed by atoms with Crippen molar-refractivity contribution in [3.05, 3.63) is 44.1 Å². The number of thiophene rings is 1. The van der Waals surface area contributed by atoms with Gasteiger partial charge in [-0.05, 0) is 29.1 Å². The van der Waals surface area contributed by atoms with Crippen LogP contribution in [0.5, 0.6) is 11.5 Å². The Morgan fingerprint density at radius 3 is 2.42 bits per heavy atom. The van der Waals surface area contributed by atoms with Gasteiger partial charge in [-0.2, -0.15) is 0 Å². The first-order valence-corrected chi connectivity index (χ1v) is 7.12. The number of benzene rings is 1. The third-order valence-electron chi connectivity index (χ3n) is 2.74. The minimum Gasteiger partial charge on any atom is -0.493 e. The van der Waals surface area contributed by atoms with Crippen molar-refractivity contribution < 1.29 is 9.47 Å². The second kappa shape index (κ2) is 6.01. The number of hydrogen-bond donors (Lipinski definition) is 1. The van der Waals surface area contributed by atoms with Gasteiger partial charge in [-0.25, -0.2) is 0 Å². The molecule has 0 spiro atoms. The number of methoxy groups -OCH3 is 2. The van der Waals surface area contributed by atoms with Crippen molar-refractivity contribution in [3.63, 3.8) is 0 Å². The Morgan fingerprint density at radius 1 is 1.16 bits per heavy atom. The third-order valence-corrected chi connectivity index (χ3v) is 4.46. The van der Waals surface area contributed by atoms with Gasteiger partial charge >= 0.3 is 0 Å². The maximum atomic E-state index is 6.22. The molecule has 0 fully saturated rings. The second-order valence-corrected chi connectivity index (χ2v) is 5.61. The average Bonchev–Trinajstić information content (AvgIpc) is 2.83. The van der Waals surface area contributed by atoms with Crippen LogP contribution in [-0.2, 0) is 0 Å². The van der Waals surface area contributed by atoms with Crippen LogP contribution in [0.1, 0.15) is 16.5 Å². The maximum Gasteiger partial charge on any atom is 0.179 e. The molecule has 0 aliphatic carbocycles. The Bertz CT molecular complexity index is 586. The van der Waals surface area contributed by atoms with Gasteiger partial charge < -0.3 is 15.2 Å². The van der Waals surface area contributed by atoms with Crippen molar-refractivity contribution in [1.29, 1.82) is 0 Å². The van der Waals surface area contributed by atoms with Gasteiger partial charge in [0, 0.05) is 4.88 Å². The molecule has 3 nitrogen and oxygen atoms in total. The molecule has 102 valence electrons. The summed E-state index contributed by atoms with van der Waals surface area (Å²) in [6.45, 7) is 0. The zero-order valence-corrected chi connectivity index (χ0v) is 12.8. The van der Waals surface area contributed by atoms with Gasteiger partial charge in [-0.3, -0.25) is 0 Å². The van der Waals surface area contributed by atoms with Gasteiger partial charge in [0.05, 0.1) is 30.3 Å². The number of nitrogens with two attached hydrogens (primary N) is 1. The number of hydrogen-bond acceptors (Lipinski definition) is 4. The Labute approximate surface area is 125 Å². The summed E-state index contributed by atoms with van der Waals surface area (Å²) < 4.78 is 10.5. The van der Waals surface area contributed by atoms with E-state index in [1.165, 1.54) is 11.3 Å². The second-order valence-electron chi connectivity index (χ2n) is 3.85. The van der Waals surface area contributed by atoms with Crippen LogP contribution in [-0.4, -0.2) is 14.2 Å². The molecule has 19 heavy (non-hydrogen) atoms. The van der Waals surface area contributed by atoms with Crippen molar-refractivity contribution in [2.24, 2.45) is 5.73 Å². The van der Waals surface area contributed by atoms with Gasteiger partial charge in [0.2, 0.25) is 0 Å². The lowest BCUT2D eigenvalue weighted by Gasteiger charge is -2.15. The van der Waals surface area contributed by atoms with Crippen LogP contribution in [0.2, 0.25) is 10.0 Å². The summed E-state index contributed by atoms with van der Waals surface area (Å²) in [7, 11) is 3.10. The van der Waals surface area contributed by atoms with Gasteiger partial charge in [-0.1, -0.05) is 23.2 Å². The van der Waals surface area contributed by atoms with Crippen molar-refractivity contribution in [3.8, 4) is 11.5 Å². The van der Waals surface area contributed by atoms with Crippen molar-refractivity contribution in [2.45, 2.75) is 6.04 Å². The molecule has 0 aliphatic rings. The normalized spacial score (nSPS) is 12.3. The topological polar surface area (TPSA) is 44.5 Å². The van der Waals surface area contributed by atoms with Gasteiger partial charge in [-0.15, -0.1) is 11.3 Å². The molecule has 1 unspecified atom stereocenters. The largest absolute Gasteiger partial charge is 0.493 e. The van der Waals surface area contributed by atoms with Crippen LogP contribution in [0.25, 0.3) is 0 Å². The minimum absolute atomic E-state index is 0.343. The van der Waals surface area contributed by atoms with E-state index in [-0.39, 0.29) is 6.04 Å². The van der Waals surface area contributed by atoms with E-state index in [0.29, 0.717) is 21.5 Å². The molecular formula is C13H13Cl2NO2S. The zero-order chi connectivity index (χ0) is 14.0. The summed E-state index contributed by atoms with van der Waals surface area (Å²) in [5.74, 6) is 1.05. The lowest BCUT2D eigenvalue weighted by atomic mass is 10.1. The van der Waals surface area contributed by atoms with E-state index < -0.39 is 0 Å². The SMILES string of the molecule is COc1cc(C(N)c2sccc2Cl)cc(Cl)c1OC. The zero-order valence-electron chi connectivity index (χ0n) is 10.4. The lowest BCUT2D eigenvalue weighted by Crippen LogP contribution is -2.11. The van der Waals surface area contributed by atoms with Crippen LogP contribution in [0, 0.1) is 0 Å². The van der Waals surface area contributed by atoms with Crippen LogP contribution < -0.4 is 15.2 Å². The highest BCUT2D eigenvalue weighted by Gasteiger charge is 2.18. The lowest BCUT2D eigenvalue weighted by molar-refractivity contribution is 0.354. The fraction of sp³-hybridized carbons (Fsp3) is 0.231. The molecule has 1 aromatic heterocycles. The molecule has 1 heterocycles. The van der Waals surface area contributed by atoms with Crippen LogP contribution in [0.3, 0.4) is 0 Å². The first-order valence-electron chi connectivity index (χ1n) is 5.48. The first-order chi connectivity index (χ1) is 9.08. The predicted octanol–water partition coefficient (Wildman–Crippen LogP) is 4.12. The fourth-order valence-corrected chi connectivity index (χ4v) is 3.30. The van der Waals surface area contributed by atoms with Gasteiger partial charge in [0.1, 0.15) is 0 Å². The molecular weight excluding hydrogens is 305 g/mol. The number of halogens is 2. The minimum atomic E-state index is -0.343. The molecule has 2 rings (SSSR count). The Balaban J connectivity index is 2.46. The highest BCUT2D eigenvalue weighted by Crippen LogP contribution is 2.40. The standard InChI is InChI=1S/C13H13Cl2NO2S/c1-17-10-6-7(5-9(15)12(10)18-2)11(16)13-8(14)3-4-19-13/h3-6,11H,16H2,1-2H3. The summed E-state index contributed by atoms with van der Waals surface area (Å²) in [5, 5.41) is 3.02. The summed E-state index contributed by atoms with van der Waals surface area (Å²) in [6, 6.07) is 5.06. The van der Waals surface area contributed by atoms with E-state index in [0.717, 1.165) is 10.4 Å². The smallest absolute Gasteiger partial charge is 0.179 e. The monoisotopic (exact) mass is 317 g/mol. The molecule has 0 bridgehead atoms. The quantitative estimate of drug-likeness (QED) is 0.922. The summed E-state index contributed by atoms with van der Waals surface area (Å²) in [4.78, 5) is 0.893. The molecule has 2 N–H and O–H groups in total. The molecule has 0 amide bonds. The number of rotatable bonds is 4. The molecule has 1 aromatic carbocycles. The van der Waals surface area contributed by atoms with E-state index >= 15 is 0 Å². The number of ether oxygens (including phenoxy) is 2. The van der Waals surface area contributed by atoms with E-state index in [9.17, 15) is 0 Å². The van der Waals surface area contributed by atoms with Gasteiger partial charge in [0.15, 0.2) is 11.5 Å². The summed E-state index contributed by atoms with van der Waals surface area (Å²) in [5.41, 5.74) is 7.04. The van der Waals surface area contributed by atoms with Crippen molar-refractivity contribution in [1.82, 2.24) is 0 Å². The molecule has 0 aliphatic heterocycles. The van der Waals surface area contributed by atoms with E-state index in [1.54, 1.807) is 20.3 Å². The molecule has 2 aromatic rings. The molecule has 0 saturated carbocycles. The summed E-state index contributed by atoms with van der Waals surface area (Å²) >= 11 is 13.8. The van der Waals surface area contributed by atoms with E-state index in [1.807, 2.05) is 17.5 Å². The van der Waals surface area contributed by atoms with Crippen molar-refractivity contribution >= 4 is 34.5 Å². The molecule has 0 radical (unpaired) electrons. The van der Waals surface area contributed by atoms with Crippen LogP contribution in [0.4, 0.5) is 0 Å². The summed E-state index contributed by atoms with van der Waals surface area (Å²) in [6.07, 6.45) is 0. The maximum absolute atomic E-state index is 6.22. The van der Waals surface area contributed by atoms with E-state index in [4.69, 9.17) is 38.4 Å². The Kier molecular flexibility index (Phi) is 4.58. The highest BCUT2D eigenvalue weighted by molar-refractivity contribution is 7.10. The third kappa shape index (κ3) is 2.82. The molecule has 1 atom stereocenters. The van der Waals surface area contributed by atoms with E-state index in [2.05, 4.69) is 0 Å². The fourth-order valence-electron chi connectivity index (χ4n) is 1.80.